The minimum Gasteiger partial charge on any atom is -0.372 e. The lowest BCUT2D eigenvalue weighted by molar-refractivity contribution is 0.247. The third-order valence-electron chi connectivity index (χ3n) is 4.95. The molecule has 5 heteroatoms. The minimum atomic E-state index is 0.790. The van der Waals surface area contributed by atoms with Gasteiger partial charge in [0, 0.05) is 42.5 Å². The van der Waals surface area contributed by atoms with Gasteiger partial charge in [0.2, 0.25) is 0 Å². The predicted molar refractivity (Wildman–Crippen MR) is 110 cm³/mol. The van der Waals surface area contributed by atoms with Crippen LogP contribution in [0.5, 0.6) is 0 Å². The van der Waals surface area contributed by atoms with Crippen molar-refractivity contribution in [1.29, 1.82) is 0 Å². The Hall–Kier alpha value is -2.11. The lowest BCUT2D eigenvalue weighted by atomic mass is 10.1. The van der Waals surface area contributed by atoms with Gasteiger partial charge < -0.3 is 4.90 Å². The molecule has 0 aliphatic carbocycles. The van der Waals surface area contributed by atoms with E-state index in [0.717, 1.165) is 18.9 Å². The Kier molecular flexibility index (Phi) is 5.37. The van der Waals surface area contributed by atoms with Gasteiger partial charge >= 0.3 is 0 Å². The fourth-order valence-corrected chi connectivity index (χ4v) is 4.23. The van der Waals surface area contributed by atoms with Crippen molar-refractivity contribution >= 4 is 17.0 Å². The van der Waals surface area contributed by atoms with E-state index in [9.17, 15) is 0 Å². The average molecular weight is 367 g/mol. The minimum absolute atomic E-state index is 0.790. The Morgan fingerprint density at radius 2 is 1.85 bits per heavy atom. The lowest BCUT2D eigenvalue weighted by Crippen LogP contribution is -2.29. The highest BCUT2D eigenvalue weighted by Gasteiger charge is 2.11. The highest BCUT2D eigenvalue weighted by molar-refractivity contribution is 7.08. The predicted octanol–water partition coefficient (Wildman–Crippen LogP) is 4.69. The van der Waals surface area contributed by atoms with E-state index in [1.54, 1.807) is 11.3 Å². The van der Waals surface area contributed by atoms with Crippen molar-refractivity contribution in [3.05, 3.63) is 58.9 Å². The van der Waals surface area contributed by atoms with E-state index in [1.165, 1.54) is 49.2 Å². The third-order valence-corrected chi connectivity index (χ3v) is 5.64. The van der Waals surface area contributed by atoms with Gasteiger partial charge in [0.15, 0.2) is 0 Å². The first kappa shape index (κ1) is 17.3. The summed E-state index contributed by atoms with van der Waals surface area (Å²) in [6.45, 7) is 4.11. The molecule has 136 valence electrons. The molecule has 4 nitrogen and oxygen atoms in total. The SMILES string of the molecule is CN(Cc1ccc(N2CCCCC2)cc1)Cn1ccc(-c2ccsc2)n1. The Labute approximate surface area is 159 Å². The molecule has 0 amide bonds. The van der Waals surface area contributed by atoms with Crippen LogP contribution in [0.1, 0.15) is 24.8 Å². The summed E-state index contributed by atoms with van der Waals surface area (Å²) in [6, 6.07) is 13.3. The Morgan fingerprint density at radius 3 is 2.58 bits per heavy atom. The molecular weight excluding hydrogens is 340 g/mol. The van der Waals surface area contributed by atoms with Gasteiger partial charge in [-0.1, -0.05) is 12.1 Å². The van der Waals surface area contributed by atoms with E-state index >= 15 is 0 Å². The number of hydrogen-bond acceptors (Lipinski definition) is 4. The molecule has 26 heavy (non-hydrogen) atoms. The van der Waals surface area contributed by atoms with E-state index in [1.807, 2.05) is 4.68 Å². The van der Waals surface area contributed by atoms with Gasteiger partial charge in [0.05, 0.1) is 12.4 Å². The molecule has 1 aliphatic heterocycles. The second-order valence-corrected chi connectivity index (χ2v) is 7.90. The second-order valence-electron chi connectivity index (χ2n) is 7.12. The zero-order valence-corrected chi connectivity index (χ0v) is 16.2. The van der Waals surface area contributed by atoms with Crippen molar-refractivity contribution in [3.8, 4) is 11.3 Å². The number of anilines is 1. The fourth-order valence-electron chi connectivity index (χ4n) is 3.58. The smallest absolute Gasteiger partial charge is 0.0932 e. The Bertz CT molecular complexity index is 801. The summed E-state index contributed by atoms with van der Waals surface area (Å²) in [5.41, 5.74) is 4.96. The van der Waals surface area contributed by atoms with Crippen molar-refractivity contribution < 1.29 is 0 Å². The first-order valence-electron chi connectivity index (χ1n) is 9.36. The van der Waals surface area contributed by atoms with Crippen LogP contribution in [0.3, 0.4) is 0 Å². The molecule has 3 aromatic rings. The molecule has 0 saturated carbocycles. The molecule has 0 unspecified atom stereocenters. The number of aromatic nitrogens is 2. The van der Waals surface area contributed by atoms with Gasteiger partial charge in [-0.3, -0.25) is 9.58 Å². The van der Waals surface area contributed by atoms with Crippen LogP contribution >= 0.6 is 11.3 Å². The maximum atomic E-state index is 4.68. The molecule has 0 spiro atoms. The molecule has 0 bridgehead atoms. The summed E-state index contributed by atoms with van der Waals surface area (Å²) in [5, 5.41) is 8.92. The van der Waals surface area contributed by atoms with Crippen LogP contribution in [0.2, 0.25) is 0 Å². The van der Waals surface area contributed by atoms with Gasteiger partial charge in [0.1, 0.15) is 0 Å². The van der Waals surface area contributed by atoms with E-state index < -0.39 is 0 Å². The Morgan fingerprint density at radius 1 is 1.04 bits per heavy atom. The quantitative estimate of drug-likeness (QED) is 0.632. The van der Waals surface area contributed by atoms with Crippen LogP contribution in [0.25, 0.3) is 11.3 Å². The maximum Gasteiger partial charge on any atom is 0.0932 e. The molecule has 3 heterocycles. The summed E-state index contributed by atoms with van der Waals surface area (Å²) in [7, 11) is 2.14. The molecular formula is C21H26N4S. The molecule has 1 fully saturated rings. The van der Waals surface area contributed by atoms with Crippen LogP contribution in [0, 0.1) is 0 Å². The zero-order chi connectivity index (χ0) is 17.8. The molecule has 0 N–H and O–H groups in total. The van der Waals surface area contributed by atoms with Crippen LogP contribution in [-0.2, 0) is 13.2 Å². The standard InChI is InChI=1S/C21H26N4S/c1-23(17-25-13-9-21(22-25)19-10-14-26-16-19)15-18-5-7-20(8-6-18)24-11-3-2-4-12-24/h5-10,13-14,16H,2-4,11-12,15,17H2,1H3. The third kappa shape index (κ3) is 4.17. The van der Waals surface area contributed by atoms with Crippen LogP contribution < -0.4 is 4.90 Å². The summed E-state index contributed by atoms with van der Waals surface area (Å²) >= 11 is 1.71. The van der Waals surface area contributed by atoms with Gasteiger partial charge in [0.25, 0.3) is 0 Å². The van der Waals surface area contributed by atoms with Crippen LogP contribution in [0.4, 0.5) is 5.69 Å². The van der Waals surface area contributed by atoms with Gasteiger partial charge in [-0.2, -0.15) is 16.4 Å². The molecule has 0 radical (unpaired) electrons. The van der Waals surface area contributed by atoms with Gasteiger partial charge in [-0.15, -0.1) is 0 Å². The topological polar surface area (TPSA) is 24.3 Å². The van der Waals surface area contributed by atoms with E-state index in [-0.39, 0.29) is 0 Å². The van der Waals surface area contributed by atoms with E-state index in [0.29, 0.717) is 0 Å². The van der Waals surface area contributed by atoms with Crippen molar-refractivity contribution in [2.24, 2.45) is 0 Å². The van der Waals surface area contributed by atoms with Gasteiger partial charge in [-0.05, 0) is 61.5 Å². The van der Waals surface area contributed by atoms with E-state index in [4.69, 9.17) is 0 Å². The molecule has 1 saturated heterocycles. The number of piperidine rings is 1. The summed E-state index contributed by atoms with van der Waals surface area (Å²) in [6.07, 6.45) is 6.08. The summed E-state index contributed by atoms with van der Waals surface area (Å²) in [4.78, 5) is 4.80. The first-order chi connectivity index (χ1) is 12.8. The van der Waals surface area contributed by atoms with Crippen molar-refractivity contribution in [2.75, 3.05) is 25.0 Å². The highest BCUT2D eigenvalue weighted by atomic mass is 32.1. The van der Waals surface area contributed by atoms with Crippen LogP contribution in [0.15, 0.2) is 53.4 Å². The van der Waals surface area contributed by atoms with Crippen molar-refractivity contribution in [1.82, 2.24) is 14.7 Å². The number of hydrogen-bond donors (Lipinski definition) is 0. The largest absolute Gasteiger partial charge is 0.372 e. The highest BCUT2D eigenvalue weighted by Crippen LogP contribution is 2.21. The molecule has 1 aromatic carbocycles. The summed E-state index contributed by atoms with van der Waals surface area (Å²) < 4.78 is 2.01. The van der Waals surface area contributed by atoms with Crippen molar-refractivity contribution in [3.63, 3.8) is 0 Å². The Balaban J connectivity index is 1.33. The zero-order valence-electron chi connectivity index (χ0n) is 15.3. The van der Waals surface area contributed by atoms with Crippen LogP contribution in [-0.4, -0.2) is 34.8 Å². The molecule has 0 atom stereocenters. The normalized spacial score (nSPS) is 14.9. The second kappa shape index (κ2) is 8.06. The number of benzene rings is 1. The molecule has 1 aliphatic rings. The van der Waals surface area contributed by atoms with Gasteiger partial charge in [-0.25, -0.2) is 0 Å². The number of thiophene rings is 1. The van der Waals surface area contributed by atoms with E-state index in [2.05, 4.69) is 75.3 Å². The monoisotopic (exact) mass is 366 g/mol. The number of nitrogens with zero attached hydrogens (tertiary/aromatic N) is 4. The lowest BCUT2D eigenvalue weighted by Gasteiger charge is -2.29. The summed E-state index contributed by atoms with van der Waals surface area (Å²) in [5.74, 6) is 0. The first-order valence-corrected chi connectivity index (χ1v) is 10.3. The van der Waals surface area contributed by atoms with Crippen molar-refractivity contribution in [2.45, 2.75) is 32.5 Å². The maximum absolute atomic E-state index is 4.68. The average Bonchev–Trinajstić information content (AvgIpc) is 3.35. The molecule has 2 aromatic heterocycles. The number of rotatable bonds is 6. The fraction of sp³-hybridized carbons (Fsp3) is 0.381. The molecule has 4 rings (SSSR count).